The lowest BCUT2D eigenvalue weighted by atomic mass is 10.0. The molecule has 0 saturated carbocycles. The zero-order valence-electron chi connectivity index (χ0n) is 10.1. The molecule has 0 fully saturated rings. The standard InChI is InChI=1S/C12H26O/c1-7-9(3)11(5)13-12(6)10(4)8-2/h9-12H,7-8H2,1-6H3. The van der Waals surface area contributed by atoms with Crippen molar-refractivity contribution in [3.63, 3.8) is 0 Å². The summed E-state index contributed by atoms with van der Waals surface area (Å²) < 4.78 is 5.96. The first-order chi connectivity index (χ1) is 6.02. The van der Waals surface area contributed by atoms with Gasteiger partial charge in [-0.15, -0.1) is 0 Å². The Labute approximate surface area is 83.9 Å². The first-order valence-electron chi connectivity index (χ1n) is 5.68. The molecule has 0 radical (unpaired) electrons. The maximum absolute atomic E-state index is 5.96. The fourth-order valence-corrected chi connectivity index (χ4v) is 1.27. The van der Waals surface area contributed by atoms with E-state index >= 15 is 0 Å². The Morgan fingerprint density at radius 3 is 1.31 bits per heavy atom. The molecule has 13 heavy (non-hydrogen) atoms. The molecule has 0 spiro atoms. The molecule has 0 heterocycles. The summed E-state index contributed by atoms with van der Waals surface area (Å²) in [6, 6.07) is 0. The van der Waals surface area contributed by atoms with Crippen molar-refractivity contribution in [1.29, 1.82) is 0 Å². The molecule has 0 aromatic carbocycles. The van der Waals surface area contributed by atoms with Gasteiger partial charge in [0.2, 0.25) is 0 Å². The number of rotatable bonds is 6. The molecule has 1 nitrogen and oxygen atoms in total. The molecular weight excluding hydrogens is 160 g/mol. The van der Waals surface area contributed by atoms with E-state index in [1.54, 1.807) is 0 Å². The normalized spacial score (nSPS) is 20.8. The van der Waals surface area contributed by atoms with Crippen molar-refractivity contribution in [3.05, 3.63) is 0 Å². The van der Waals surface area contributed by atoms with Gasteiger partial charge in [-0.3, -0.25) is 0 Å². The van der Waals surface area contributed by atoms with Crippen LogP contribution in [0.15, 0.2) is 0 Å². The van der Waals surface area contributed by atoms with E-state index in [-0.39, 0.29) is 0 Å². The van der Waals surface area contributed by atoms with Crippen molar-refractivity contribution < 1.29 is 4.74 Å². The zero-order chi connectivity index (χ0) is 10.4. The first kappa shape index (κ1) is 13.0. The van der Waals surface area contributed by atoms with E-state index in [0.717, 1.165) is 0 Å². The quantitative estimate of drug-likeness (QED) is 0.612. The highest BCUT2D eigenvalue weighted by atomic mass is 16.5. The van der Waals surface area contributed by atoms with Gasteiger partial charge in [0.1, 0.15) is 0 Å². The Morgan fingerprint density at radius 2 is 1.08 bits per heavy atom. The highest BCUT2D eigenvalue weighted by Crippen LogP contribution is 2.17. The van der Waals surface area contributed by atoms with Gasteiger partial charge in [0.15, 0.2) is 0 Å². The summed E-state index contributed by atoms with van der Waals surface area (Å²) in [5.74, 6) is 1.35. The van der Waals surface area contributed by atoms with Gasteiger partial charge in [0, 0.05) is 0 Å². The van der Waals surface area contributed by atoms with Gasteiger partial charge >= 0.3 is 0 Å². The first-order valence-corrected chi connectivity index (χ1v) is 5.68. The third-order valence-electron chi connectivity index (χ3n) is 3.32. The Balaban J connectivity index is 3.83. The molecule has 0 N–H and O–H groups in total. The van der Waals surface area contributed by atoms with E-state index in [1.807, 2.05) is 0 Å². The van der Waals surface area contributed by atoms with E-state index < -0.39 is 0 Å². The van der Waals surface area contributed by atoms with Crippen LogP contribution in [0.5, 0.6) is 0 Å². The van der Waals surface area contributed by atoms with Crippen molar-refractivity contribution in [1.82, 2.24) is 0 Å². The smallest absolute Gasteiger partial charge is 0.0576 e. The van der Waals surface area contributed by atoms with E-state index in [4.69, 9.17) is 4.74 Å². The molecule has 0 aliphatic heterocycles. The molecule has 80 valence electrons. The topological polar surface area (TPSA) is 9.23 Å². The van der Waals surface area contributed by atoms with Crippen LogP contribution in [0.2, 0.25) is 0 Å². The molecular formula is C12H26O. The van der Waals surface area contributed by atoms with Gasteiger partial charge in [-0.1, -0.05) is 40.5 Å². The SMILES string of the molecule is CCC(C)C(C)OC(C)C(C)CC. The Hall–Kier alpha value is -0.0400. The van der Waals surface area contributed by atoms with Crippen molar-refractivity contribution in [2.45, 2.75) is 66.6 Å². The number of hydrogen-bond donors (Lipinski definition) is 0. The monoisotopic (exact) mass is 186 g/mol. The second-order valence-corrected chi connectivity index (χ2v) is 4.32. The zero-order valence-corrected chi connectivity index (χ0v) is 10.1. The van der Waals surface area contributed by atoms with E-state index in [9.17, 15) is 0 Å². The third-order valence-corrected chi connectivity index (χ3v) is 3.32. The average Bonchev–Trinajstić information content (AvgIpc) is 2.14. The minimum Gasteiger partial charge on any atom is -0.375 e. The van der Waals surface area contributed by atoms with Gasteiger partial charge in [0.25, 0.3) is 0 Å². The highest BCUT2D eigenvalue weighted by Gasteiger charge is 2.17. The lowest BCUT2D eigenvalue weighted by molar-refractivity contribution is -0.0449. The second kappa shape index (κ2) is 6.42. The molecule has 1 heteroatoms. The third kappa shape index (κ3) is 4.66. The molecule has 0 amide bonds. The molecule has 0 aromatic heterocycles. The molecule has 0 bridgehead atoms. The number of ether oxygens (including phenoxy) is 1. The van der Waals surface area contributed by atoms with E-state index in [0.29, 0.717) is 24.0 Å². The van der Waals surface area contributed by atoms with Crippen LogP contribution in [0.3, 0.4) is 0 Å². The Bertz CT molecular complexity index is 108. The van der Waals surface area contributed by atoms with Crippen molar-refractivity contribution >= 4 is 0 Å². The predicted molar refractivity (Wildman–Crippen MR) is 58.9 cm³/mol. The summed E-state index contributed by atoms with van der Waals surface area (Å²) in [7, 11) is 0. The molecule has 0 aliphatic carbocycles. The van der Waals surface area contributed by atoms with Crippen LogP contribution in [0.25, 0.3) is 0 Å². The molecule has 0 aliphatic rings. The predicted octanol–water partition coefficient (Wildman–Crippen LogP) is 3.87. The van der Waals surface area contributed by atoms with Gasteiger partial charge in [-0.05, 0) is 25.7 Å². The van der Waals surface area contributed by atoms with Crippen LogP contribution in [0, 0.1) is 11.8 Å². The van der Waals surface area contributed by atoms with Crippen LogP contribution < -0.4 is 0 Å². The Kier molecular flexibility index (Phi) is 6.40. The summed E-state index contributed by atoms with van der Waals surface area (Å²) in [5, 5.41) is 0. The molecule has 4 unspecified atom stereocenters. The van der Waals surface area contributed by atoms with Gasteiger partial charge in [-0.25, -0.2) is 0 Å². The van der Waals surface area contributed by atoms with Crippen LogP contribution in [0.1, 0.15) is 54.4 Å². The summed E-state index contributed by atoms with van der Waals surface area (Å²) in [5.41, 5.74) is 0. The molecule has 4 atom stereocenters. The minimum atomic E-state index is 0.397. The maximum Gasteiger partial charge on any atom is 0.0576 e. The number of hydrogen-bond acceptors (Lipinski definition) is 1. The summed E-state index contributed by atoms with van der Waals surface area (Å²) in [4.78, 5) is 0. The van der Waals surface area contributed by atoms with Crippen molar-refractivity contribution in [3.8, 4) is 0 Å². The van der Waals surface area contributed by atoms with Crippen LogP contribution in [-0.4, -0.2) is 12.2 Å². The molecule has 0 saturated heterocycles. The van der Waals surface area contributed by atoms with Gasteiger partial charge in [0.05, 0.1) is 12.2 Å². The lowest BCUT2D eigenvalue weighted by Gasteiger charge is -2.26. The minimum absolute atomic E-state index is 0.397. The Morgan fingerprint density at radius 1 is 0.769 bits per heavy atom. The van der Waals surface area contributed by atoms with E-state index in [1.165, 1.54) is 12.8 Å². The van der Waals surface area contributed by atoms with Crippen LogP contribution in [-0.2, 0) is 4.74 Å². The van der Waals surface area contributed by atoms with Gasteiger partial charge < -0.3 is 4.74 Å². The van der Waals surface area contributed by atoms with Crippen LogP contribution in [0.4, 0.5) is 0 Å². The highest BCUT2D eigenvalue weighted by molar-refractivity contribution is 4.65. The van der Waals surface area contributed by atoms with Crippen molar-refractivity contribution in [2.75, 3.05) is 0 Å². The van der Waals surface area contributed by atoms with Crippen LogP contribution >= 0.6 is 0 Å². The van der Waals surface area contributed by atoms with Gasteiger partial charge in [-0.2, -0.15) is 0 Å². The van der Waals surface area contributed by atoms with E-state index in [2.05, 4.69) is 41.5 Å². The second-order valence-electron chi connectivity index (χ2n) is 4.32. The maximum atomic E-state index is 5.96. The lowest BCUT2D eigenvalue weighted by Crippen LogP contribution is -2.27. The average molecular weight is 186 g/mol. The summed E-state index contributed by atoms with van der Waals surface area (Å²) in [6.07, 6.45) is 3.20. The van der Waals surface area contributed by atoms with Crippen molar-refractivity contribution in [2.24, 2.45) is 11.8 Å². The largest absolute Gasteiger partial charge is 0.375 e. The summed E-state index contributed by atoms with van der Waals surface area (Å²) in [6.45, 7) is 13.3. The molecule has 0 aromatic rings. The fraction of sp³-hybridized carbons (Fsp3) is 1.00. The summed E-state index contributed by atoms with van der Waals surface area (Å²) >= 11 is 0. The fourth-order valence-electron chi connectivity index (χ4n) is 1.27. The molecule has 0 rings (SSSR count).